The van der Waals surface area contributed by atoms with E-state index in [2.05, 4.69) is 5.32 Å². The molecular weight excluding hydrogens is 333 g/mol. The average molecular weight is 349 g/mol. The highest BCUT2D eigenvalue weighted by atomic mass is 35.5. The Morgan fingerprint density at radius 2 is 2.09 bits per heavy atom. The number of halogens is 4. The molecule has 1 aromatic rings. The van der Waals surface area contributed by atoms with E-state index in [4.69, 9.17) is 11.6 Å². The third-order valence-corrected chi connectivity index (χ3v) is 3.80. The lowest BCUT2D eigenvalue weighted by molar-refractivity contribution is -0.139. The zero-order valence-corrected chi connectivity index (χ0v) is 13.1. The maximum Gasteiger partial charge on any atom is 0.416 e. The number of amides is 2. The summed E-state index contributed by atoms with van der Waals surface area (Å²) in [6.45, 7) is 1.53. The van der Waals surface area contributed by atoms with Gasteiger partial charge in [0.15, 0.2) is 0 Å². The molecule has 0 aliphatic carbocycles. The van der Waals surface area contributed by atoms with Gasteiger partial charge in [-0.1, -0.05) is 18.2 Å². The molecule has 23 heavy (non-hydrogen) atoms. The molecule has 0 bridgehead atoms. The molecule has 2 atom stereocenters. The van der Waals surface area contributed by atoms with E-state index in [1.54, 1.807) is 0 Å². The molecule has 1 heterocycles. The molecule has 1 aromatic carbocycles. The minimum Gasteiger partial charge on any atom is -0.350 e. The summed E-state index contributed by atoms with van der Waals surface area (Å²) in [7, 11) is 0. The third kappa shape index (κ3) is 4.37. The fraction of sp³-hybridized carbons (Fsp3) is 0.467. The van der Waals surface area contributed by atoms with Crippen molar-refractivity contribution in [2.75, 3.05) is 6.54 Å². The summed E-state index contributed by atoms with van der Waals surface area (Å²) < 4.78 is 38.9. The molecule has 1 fully saturated rings. The molecule has 1 aliphatic rings. The van der Waals surface area contributed by atoms with Crippen molar-refractivity contribution in [3.63, 3.8) is 0 Å². The van der Waals surface area contributed by atoms with Crippen molar-refractivity contribution in [2.24, 2.45) is 0 Å². The first-order valence-electron chi connectivity index (χ1n) is 7.06. The van der Waals surface area contributed by atoms with Gasteiger partial charge in [0.25, 0.3) is 0 Å². The van der Waals surface area contributed by atoms with Gasteiger partial charge in [-0.3, -0.25) is 9.59 Å². The zero-order chi connectivity index (χ0) is 17.2. The lowest BCUT2D eigenvalue weighted by Crippen LogP contribution is -2.40. The molecular formula is C15H16ClF3N2O2. The Bertz CT molecular complexity index is 605. The number of carbonyl (C=O) groups is 2. The van der Waals surface area contributed by atoms with Crippen LogP contribution < -0.4 is 5.32 Å². The zero-order valence-electron chi connectivity index (χ0n) is 12.4. The lowest BCUT2D eigenvalue weighted by Gasteiger charge is -2.20. The summed E-state index contributed by atoms with van der Waals surface area (Å²) in [5, 5.41) is 1.88. The van der Waals surface area contributed by atoms with Gasteiger partial charge in [-0.15, -0.1) is 11.6 Å². The molecule has 0 saturated carbocycles. The van der Waals surface area contributed by atoms with Crippen LogP contribution >= 0.6 is 11.6 Å². The Balaban J connectivity index is 2.07. The van der Waals surface area contributed by atoms with Crippen molar-refractivity contribution in [3.8, 4) is 0 Å². The first-order chi connectivity index (χ1) is 10.7. The van der Waals surface area contributed by atoms with Crippen molar-refractivity contribution in [2.45, 2.75) is 37.5 Å². The number of rotatable bonds is 4. The highest BCUT2D eigenvalue weighted by Crippen LogP contribution is 2.32. The Morgan fingerprint density at radius 1 is 1.43 bits per heavy atom. The second-order valence-electron chi connectivity index (χ2n) is 5.45. The van der Waals surface area contributed by atoms with E-state index in [0.717, 1.165) is 6.07 Å². The van der Waals surface area contributed by atoms with E-state index < -0.39 is 29.1 Å². The summed E-state index contributed by atoms with van der Waals surface area (Å²) in [6.07, 6.45) is -4.41. The van der Waals surface area contributed by atoms with Crippen LogP contribution in [-0.4, -0.2) is 34.7 Å². The summed E-state index contributed by atoms with van der Waals surface area (Å²) in [5.74, 6) is -0.698. The summed E-state index contributed by atoms with van der Waals surface area (Å²) >= 11 is 5.64. The van der Waals surface area contributed by atoms with Crippen molar-refractivity contribution >= 4 is 23.4 Å². The van der Waals surface area contributed by atoms with Crippen LogP contribution in [0.25, 0.3) is 0 Å². The SMILES string of the molecule is CC(Cl)C(=O)NC1CC(=O)N(Cc2ccccc2C(F)(F)F)C1. The molecule has 1 aliphatic heterocycles. The number of alkyl halides is 4. The molecule has 126 valence electrons. The molecule has 1 saturated heterocycles. The topological polar surface area (TPSA) is 49.4 Å². The fourth-order valence-corrected chi connectivity index (χ4v) is 2.54. The van der Waals surface area contributed by atoms with Crippen LogP contribution in [0.3, 0.4) is 0 Å². The second kappa shape index (κ2) is 6.78. The van der Waals surface area contributed by atoms with Gasteiger partial charge in [0.2, 0.25) is 11.8 Å². The highest BCUT2D eigenvalue weighted by Gasteiger charge is 2.36. The van der Waals surface area contributed by atoms with Crippen LogP contribution in [0.2, 0.25) is 0 Å². The Hall–Kier alpha value is -1.76. The van der Waals surface area contributed by atoms with E-state index in [-0.39, 0.29) is 31.0 Å². The van der Waals surface area contributed by atoms with Crippen LogP contribution in [-0.2, 0) is 22.3 Å². The quantitative estimate of drug-likeness (QED) is 0.850. The number of nitrogens with zero attached hydrogens (tertiary/aromatic N) is 1. The molecule has 0 aromatic heterocycles. The van der Waals surface area contributed by atoms with Gasteiger partial charge in [-0.2, -0.15) is 13.2 Å². The number of hydrogen-bond acceptors (Lipinski definition) is 2. The number of hydrogen-bond donors (Lipinski definition) is 1. The Labute approximate surface area is 136 Å². The summed E-state index contributed by atoms with van der Waals surface area (Å²) in [4.78, 5) is 24.8. The van der Waals surface area contributed by atoms with Crippen molar-refractivity contribution < 1.29 is 22.8 Å². The van der Waals surface area contributed by atoms with Gasteiger partial charge < -0.3 is 10.2 Å². The van der Waals surface area contributed by atoms with Crippen LogP contribution in [0.15, 0.2) is 24.3 Å². The van der Waals surface area contributed by atoms with Crippen molar-refractivity contribution in [3.05, 3.63) is 35.4 Å². The summed E-state index contributed by atoms with van der Waals surface area (Å²) in [5.41, 5.74) is -0.722. The second-order valence-corrected chi connectivity index (χ2v) is 6.11. The van der Waals surface area contributed by atoms with Gasteiger partial charge >= 0.3 is 6.18 Å². The predicted octanol–water partition coefficient (Wildman–Crippen LogP) is 2.55. The van der Waals surface area contributed by atoms with Crippen LogP contribution in [0.4, 0.5) is 13.2 Å². The molecule has 8 heteroatoms. The molecule has 2 amide bonds. The monoisotopic (exact) mass is 348 g/mol. The first kappa shape index (κ1) is 17.6. The highest BCUT2D eigenvalue weighted by molar-refractivity contribution is 6.30. The number of likely N-dealkylation sites (tertiary alicyclic amines) is 1. The molecule has 2 rings (SSSR count). The Morgan fingerprint density at radius 3 is 2.70 bits per heavy atom. The fourth-order valence-electron chi connectivity index (χ4n) is 2.48. The van der Waals surface area contributed by atoms with E-state index in [0.29, 0.717) is 0 Å². The largest absolute Gasteiger partial charge is 0.416 e. The third-order valence-electron chi connectivity index (χ3n) is 3.61. The van der Waals surface area contributed by atoms with Gasteiger partial charge in [0.05, 0.1) is 11.6 Å². The van der Waals surface area contributed by atoms with E-state index >= 15 is 0 Å². The maximum absolute atomic E-state index is 13.0. The van der Waals surface area contributed by atoms with Crippen molar-refractivity contribution in [1.82, 2.24) is 10.2 Å². The van der Waals surface area contributed by atoms with E-state index in [9.17, 15) is 22.8 Å². The maximum atomic E-state index is 13.0. The van der Waals surface area contributed by atoms with Crippen LogP contribution in [0.1, 0.15) is 24.5 Å². The molecule has 0 spiro atoms. The van der Waals surface area contributed by atoms with Gasteiger partial charge in [0, 0.05) is 19.5 Å². The molecule has 1 N–H and O–H groups in total. The van der Waals surface area contributed by atoms with Gasteiger partial charge in [0.1, 0.15) is 5.38 Å². The van der Waals surface area contributed by atoms with Crippen molar-refractivity contribution in [1.29, 1.82) is 0 Å². The van der Waals surface area contributed by atoms with E-state index in [1.807, 2.05) is 0 Å². The minimum absolute atomic E-state index is 0.0334. The smallest absolute Gasteiger partial charge is 0.350 e. The summed E-state index contributed by atoms with van der Waals surface area (Å²) in [6, 6.07) is 4.71. The van der Waals surface area contributed by atoms with E-state index in [1.165, 1.54) is 30.0 Å². The minimum atomic E-state index is -4.47. The van der Waals surface area contributed by atoms with Gasteiger partial charge in [-0.25, -0.2) is 0 Å². The van der Waals surface area contributed by atoms with Crippen LogP contribution in [0.5, 0.6) is 0 Å². The number of nitrogens with one attached hydrogen (secondary N) is 1. The first-order valence-corrected chi connectivity index (χ1v) is 7.49. The normalized spacial score (nSPS) is 19.8. The predicted molar refractivity (Wildman–Crippen MR) is 78.7 cm³/mol. The molecule has 0 radical (unpaired) electrons. The number of carbonyl (C=O) groups excluding carboxylic acids is 2. The standard InChI is InChI=1S/C15H16ClF3N2O2/c1-9(16)14(23)20-11-6-13(22)21(8-11)7-10-4-2-3-5-12(10)15(17,18)19/h2-5,9,11H,6-8H2,1H3,(H,20,23). The average Bonchev–Trinajstić information content (AvgIpc) is 2.78. The molecule has 2 unspecified atom stereocenters. The number of benzene rings is 1. The molecule has 4 nitrogen and oxygen atoms in total. The lowest BCUT2D eigenvalue weighted by atomic mass is 10.1. The van der Waals surface area contributed by atoms with Crippen LogP contribution in [0, 0.1) is 0 Å². The van der Waals surface area contributed by atoms with Gasteiger partial charge in [-0.05, 0) is 18.6 Å². The Kier molecular flexibility index (Phi) is 5.19.